The van der Waals surface area contributed by atoms with Gasteiger partial charge in [0.05, 0.1) is 54.5 Å². The predicted molar refractivity (Wildman–Crippen MR) is 414 cm³/mol. The minimum atomic E-state index is 0.548. The number of hydrogen-bond donors (Lipinski definition) is 6. The first kappa shape index (κ1) is 64.8. The van der Waals surface area contributed by atoms with Gasteiger partial charge in [-0.25, -0.2) is 29.9 Å². The molecule has 12 heterocycles. The van der Waals surface area contributed by atoms with Gasteiger partial charge < -0.3 is 37.7 Å². The van der Waals surface area contributed by atoms with Crippen molar-refractivity contribution in [2.45, 2.75) is 59.3 Å². The summed E-state index contributed by atoms with van der Waals surface area (Å²) < 4.78 is 12.0. The van der Waals surface area contributed by atoms with Gasteiger partial charge in [-0.05, 0) is 153 Å². The number of nitrogens with two attached hydrogens (primary N) is 3. The van der Waals surface area contributed by atoms with Gasteiger partial charge in [0.2, 0.25) is 0 Å². The third-order valence-electron chi connectivity index (χ3n) is 18.6. The quantitative estimate of drug-likeness (QED) is 0.0439. The number of hydrogen-bond acceptors (Lipinski definition) is 17. The van der Waals surface area contributed by atoms with E-state index in [0.29, 0.717) is 56.7 Å². The number of aryl methyl sites for hydroxylation is 2. The Morgan fingerprint density at radius 3 is 1.16 bits per heavy atom. The molecular formula is C81H73N23. The molecule has 18 aromatic rings. The van der Waals surface area contributed by atoms with Gasteiger partial charge in [0.25, 0.3) is 0 Å². The predicted octanol–water partition coefficient (Wildman–Crippen LogP) is 14.0. The summed E-state index contributed by atoms with van der Waals surface area (Å²) in [5, 5.41) is 43.7. The molecule has 18 rings (SSSR count). The first-order chi connectivity index (χ1) is 51.0. The fourth-order valence-corrected chi connectivity index (χ4v) is 13.1. The van der Waals surface area contributed by atoms with Crippen LogP contribution >= 0.6 is 0 Å². The molecule has 0 saturated heterocycles. The maximum atomic E-state index is 5.98. The summed E-state index contributed by atoms with van der Waals surface area (Å²) in [7, 11) is 2.10. The first-order valence-corrected chi connectivity index (χ1v) is 34.2. The van der Waals surface area contributed by atoms with Gasteiger partial charge in [-0.3, -0.25) is 23.4 Å². The van der Waals surface area contributed by atoms with Crippen LogP contribution in [0.15, 0.2) is 256 Å². The minimum absolute atomic E-state index is 0.548. The third-order valence-corrected chi connectivity index (χ3v) is 18.6. The summed E-state index contributed by atoms with van der Waals surface area (Å²) in [5.74, 6) is 4.06. The van der Waals surface area contributed by atoms with Crippen molar-refractivity contribution in [2.75, 3.05) is 33.2 Å². The van der Waals surface area contributed by atoms with E-state index in [-0.39, 0.29) is 0 Å². The molecule has 12 aromatic heterocycles. The van der Waals surface area contributed by atoms with E-state index in [9.17, 15) is 0 Å². The molecule has 6 aromatic carbocycles. The molecule has 0 bridgehead atoms. The molecule has 104 heavy (non-hydrogen) atoms. The lowest BCUT2D eigenvalue weighted by atomic mass is 10.1. The average molecular weight is 1370 g/mol. The van der Waals surface area contributed by atoms with Crippen LogP contribution in [-0.2, 0) is 59.4 Å². The van der Waals surface area contributed by atoms with Crippen molar-refractivity contribution in [3.63, 3.8) is 0 Å². The van der Waals surface area contributed by atoms with Gasteiger partial charge in [0.1, 0.15) is 34.6 Å². The van der Waals surface area contributed by atoms with Gasteiger partial charge >= 0.3 is 0 Å². The van der Waals surface area contributed by atoms with Crippen LogP contribution in [0.25, 0.3) is 75.9 Å². The molecule has 0 saturated carbocycles. The second-order valence-electron chi connectivity index (χ2n) is 25.9. The van der Waals surface area contributed by atoms with E-state index in [1.807, 2.05) is 109 Å². The van der Waals surface area contributed by atoms with Crippen LogP contribution in [0.1, 0.15) is 50.2 Å². The standard InChI is InChI=1S/2C27H24N8.C27H25N7/c28-26-24-7-6-21(14-22(24)8-11-29-26)15-31-27-25-23(9-12-30-27)18-35(33-25)17-20-4-2-19(3-5-20)16-34-13-1-10-32-34;28-26-23-7-6-21(14-22(23)8-11-29-26)15-31-27-24-18-35(33-25(24)9-12-30-27)17-20-4-2-19(3-5-20)16-34-13-1-10-32-34;1-17-11-21-13-19(4-6-25(21)33(17)2)15-34-16-23-24(32-34)8-10-30-27(23)31-14-18-3-5-22-20(12-18)7-9-29-26(22)28/h2*1-14,18H,15-17H2,(H2,28,29)(H,30,31);3-13,16H,14-15H2,1-2H3,(H2,28,29)(H,30,31). The Kier molecular flexibility index (Phi) is 17.9. The fraction of sp³-hybridized carbons (Fsp3) is 0.123. The van der Waals surface area contributed by atoms with Crippen LogP contribution in [0.4, 0.5) is 34.9 Å². The van der Waals surface area contributed by atoms with Gasteiger partial charge in [-0.2, -0.15) is 25.5 Å². The van der Waals surface area contributed by atoms with Crippen molar-refractivity contribution in [3.8, 4) is 0 Å². The highest BCUT2D eigenvalue weighted by Crippen LogP contribution is 2.29. The molecule has 23 nitrogen and oxygen atoms in total. The molecule has 0 fully saturated rings. The summed E-state index contributed by atoms with van der Waals surface area (Å²) in [4.78, 5) is 26.1. The van der Waals surface area contributed by atoms with E-state index in [2.05, 4.69) is 202 Å². The Morgan fingerprint density at radius 1 is 0.327 bits per heavy atom. The zero-order chi connectivity index (χ0) is 70.5. The Morgan fingerprint density at radius 2 is 0.702 bits per heavy atom. The second kappa shape index (κ2) is 28.8. The Balaban J connectivity index is 0.000000120. The van der Waals surface area contributed by atoms with E-state index >= 15 is 0 Å². The number of nitrogens with one attached hydrogen (secondary N) is 3. The molecule has 0 radical (unpaired) electrons. The van der Waals surface area contributed by atoms with E-state index in [1.165, 1.54) is 44.4 Å². The van der Waals surface area contributed by atoms with Crippen molar-refractivity contribution in [1.29, 1.82) is 0 Å². The van der Waals surface area contributed by atoms with Crippen molar-refractivity contribution < 1.29 is 0 Å². The molecule has 0 aliphatic carbocycles. The summed E-state index contributed by atoms with van der Waals surface area (Å²) >= 11 is 0. The molecule has 0 atom stereocenters. The third kappa shape index (κ3) is 14.5. The highest BCUT2D eigenvalue weighted by molar-refractivity contribution is 5.94. The maximum absolute atomic E-state index is 5.98. The lowest BCUT2D eigenvalue weighted by Crippen LogP contribution is -2.04. The number of aromatic nitrogens is 17. The smallest absolute Gasteiger partial charge is 0.154 e. The number of nitrogens with zero attached hydrogens (tertiary/aromatic N) is 17. The molecule has 512 valence electrons. The molecule has 9 N–H and O–H groups in total. The second-order valence-corrected chi connectivity index (χ2v) is 25.9. The topological polar surface area (TPSA) is 286 Å². The van der Waals surface area contributed by atoms with E-state index < -0.39 is 0 Å². The number of nitrogen functional groups attached to an aromatic ring is 3. The molecule has 0 aliphatic heterocycles. The first-order valence-electron chi connectivity index (χ1n) is 34.2. The monoisotopic (exact) mass is 1370 g/mol. The SMILES string of the molecule is Cc1cc2cc(Cn3cc4c(NCc5ccc6c(N)nccc6c5)nccc4n3)ccc2n1C.Nc1nccc2cc(CNc3nccc4cn(Cc5ccc(Cn6cccn6)cc5)nc34)ccc12.Nc1nccc2cc(CNc3nccc4nn(Cc5ccc(Cn6cccn6)cc5)cc34)ccc12. The summed E-state index contributed by atoms with van der Waals surface area (Å²) in [6.07, 6.45) is 24.3. The fourth-order valence-electron chi connectivity index (χ4n) is 13.1. The minimum Gasteiger partial charge on any atom is -0.383 e. The Hall–Kier alpha value is -13.8. The zero-order valence-electron chi connectivity index (χ0n) is 57.2. The van der Waals surface area contributed by atoms with Crippen molar-refractivity contribution >= 4 is 111 Å². The van der Waals surface area contributed by atoms with E-state index in [4.69, 9.17) is 32.5 Å². The van der Waals surface area contributed by atoms with Gasteiger partial charge in [0, 0.05) is 145 Å². The number of pyridine rings is 6. The zero-order valence-corrected chi connectivity index (χ0v) is 57.2. The van der Waals surface area contributed by atoms with Crippen LogP contribution in [-0.4, -0.2) is 83.4 Å². The largest absolute Gasteiger partial charge is 0.383 e. The van der Waals surface area contributed by atoms with Crippen molar-refractivity contribution in [1.82, 2.24) is 83.4 Å². The molecule has 23 heteroatoms. The molecule has 0 aliphatic rings. The summed E-state index contributed by atoms with van der Waals surface area (Å²) in [6.45, 7) is 7.68. The number of fused-ring (bicyclic) bond motifs is 7. The number of anilines is 6. The lowest BCUT2D eigenvalue weighted by Gasteiger charge is -2.08. The summed E-state index contributed by atoms with van der Waals surface area (Å²) in [5.41, 5.74) is 32.6. The van der Waals surface area contributed by atoms with Gasteiger partial charge in [-0.15, -0.1) is 0 Å². The molecular weight excluding hydrogens is 1300 g/mol. The molecule has 0 spiro atoms. The van der Waals surface area contributed by atoms with Crippen LogP contribution in [0.2, 0.25) is 0 Å². The Bertz CT molecular complexity index is 5810. The van der Waals surface area contributed by atoms with Crippen molar-refractivity contribution in [2.24, 2.45) is 7.05 Å². The van der Waals surface area contributed by atoms with Crippen molar-refractivity contribution in [3.05, 3.63) is 307 Å². The number of benzene rings is 6. The van der Waals surface area contributed by atoms with E-state index in [1.54, 1.807) is 43.4 Å². The molecule has 0 unspecified atom stereocenters. The van der Waals surface area contributed by atoms with Crippen LogP contribution < -0.4 is 33.2 Å². The van der Waals surface area contributed by atoms with Gasteiger partial charge in [-0.1, -0.05) is 91.0 Å². The number of rotatable bonds is 19. The summed E-state index contributed by atoms with van der Waals surface area (Å²) in [6, 6.07) is 60.2. The lowest BCUT2D eigenvalue weighted by molar-refractivity contribution is 0.682. The van der Waals surface area contributed by atoms with Crippen LogP contribution in [0.3, 0.4) is 0 Å². The highest BCUT2D eigenvalue weighted by Gasteiger charge is 2.14. The Labute approximate surface area is 597 Å². The normalized spacial score (nSPS) is 11.4. The van der Waals surface area contributed by atoms with Crippen LogP contribution in [0.5, 0.6) is 0 Å². The van der Waals surface area contributed by atoms with Crippen LogP contribution in [0, 0.1) is 6.92 Å². The average Bonchev–Trinajstić information content (AvgIpc) is 1.62. The highest BCUT2D eigenvalue weighted by atomic mass is 15.3. The van der Waals surface area contributed by atoms with E-state index in [0.717, 1.165) is 112 Å². The van der Waals surface area contributed by atoms with Gasteiger partial charge in [0.15, 0.2) is 5.82 Å². The molecule has 0 amide bonds. The maximum Gasteiger partial charge on any atom is 0.154 e.